The van der Waals surface area contributed by atoms with Gasteiger partial charge in [-0.25, -0.2) is 0 Å². The number of hydrogen-bond acceptors (Lipinski definition) is 3. The molecule has 0 aliphatic carbocycles. The highest BCUT2D eigenvalue weighted by Gasteiger charge is 1.95. The van der Waals surface area contributed by atoms with Crippen molar-refractivity contribution in [1.29, 1.82) is 0 Å². The van der Waals surface area contributed by atoms with Crippen LogP contribution in [-0.4, -0.2) is 10.9 Å². The van der Waals surface area contributed by atoms with Crippen LogP contribution in [0.1, 0.15) is 18.9 Å². The van der Waals surface area contributed by atoms with Gasteiger partial charge >= 0.3 is 0 Å². The van der Waals surface area contributed by atoms with Crippen LogP contribution in [0.5, 0.6) is 0 Å². The van der Waals surface area contributed by atoms with E-state index in [9.17, 15) is 4.79 Å². The van der Waals surface area contributed by atoms with E-state index in [0.29, 0.717) is 0 Å². The van der Waals surface area contributed by atoms with Gasteiger partial charge in [0, 0.05) is 18.2 Å². The van der Waals surface area contributed by atoms with E-state index in [4.69, 9.17) is 11.6 Å². The van der Waals surface area contributed by atoms with Crippen LogP contribution in [-0.2, 0) is 4.79 Å². The first-order valence-corrected chi connectivity index (χ1v) is 6.47. The molecule has 0 radical (unpaired) electrons. The van der Waals surface area contributed by atoms with Crippen LogP contribution >= 0.6 is 34.7 Å². The van der Waals surface area contributed by atoms with Crippen molar-refractivity contribution in [2.24, 2.45) is 0 Å². The van der Waals surface area contributed by atoms with Crippen LogP contribution in [0.15, 0.2) is 17.5 Å². The maximum Gasteiger partial charge on any atom is 0.185 e. The van der Waals surface area contributed by atoms with Crippen molar-refractivity contribution >= 4 is 45.9 Å². The summed E-state index contributed by atoms with van der Waals surface area (Å²) in [6.07, 6.45) is 4.94. The van der Waals surface area contributed by atoms with Crippen molar-refractivity contribution in [2.75, 3.05) is 5.75 Å². The molecule has 0 N–H and O–H groups in total. The second-order valence-electron chi connectivity index (χ2n) is 2.68. The lowest BCUT2D eigenvalue weighted by atomic mass is 10.3. The van der Waals surface area contributed by atoms with Gasteiger partial charge in [0.1, 0.15) is 4.34 Å². The highest BCUT2D eigenvalue weighted by molar-refractivity contribution is 8.13. The van der Waals surface area contributed by atoms with E-state index in [1.165, 1.54) is 23.1 Å². The molecule has 0 amide bonds. The molecule has 1 nitrogen and oxygen atoms in total. The molecular weight excluding hydrogens is 236 g/mol. The lowest BCUT2D eigenvalue weighted by Gasteiger charge is -1.91. The van der Waals surface area contributed by atoms with E-state index >= 15 is 0 Å². The fraction of sp³-hybridized carbons (Fsp3) is 0.300. The summed E-state index contributed by atoms with van der Waals surface area (Å²) in [6, 6.07) is 1.99. The number of halogens is 1. The molecule has 1 rings (SSSR count). The summed E-state index contributed by atoms with van der Waals surface area (Å²) < 4.78 is 0.820. The van der Waals surface area contributed by atoms with Gasteiger partial charge in [0.25, 0.3) is 0 Å². The third-order valence-electron chi connectivity index (χ3n) is 1.53. The average molecular weight is 247 g/mol. The molecule has 0 bridgehead atoms. The SMILES string of the molecule is CC(=O)SCCC=Cc1ccsc1Cl. The quantitative estimate of drug-likeness (QED) is 0.745. The van der Waals surface area contributed by atoms with Crippen LogP contribution < -0.4 is 0 Å². The van der Waals surface area contributed by atoms with Gasteiger partial charge in [0.2, 0.25) is 0 Å². The van der Waals surface area contributed by atoms with Crippen LogP contribution in [0.2, 0.25) is 4.34 Å². The fourth-order valence-electron chi connectivity index (χ4n) is 0.903. The minimum atomic E-state index is 0.173. The number of thiophene rings is 1. The molecule has 0 atom stereocenters. The Morgan fingerprint density at radius 1 is 1.71 bits per heavy atom. The summed E-state index contributed by atoms with van der Waals surface area (Å²) >= 11 is 8.79. The van der Waals surface area contributed by atoms with Crippen molar-refractivity contribution in [3.05, 3.63) is 27.4 Å². The largest absolute Gasteiger partial charge is 0.288 e. The molecule has 4 heteroatoms. The topological polar surface area (TPSA) is 17.1 Å². The Labute approximate surface area is 97.2 Å². The van der Waals surface area contributed by atoms with E-state index in [-0.39, 0.29) is 5.12 Å². The Hall–Kier alpha value is -0.250. The van der Waals surface area contributed by atoms with Crippen LogP contribution in [0.4, 0.5) is 0 Å². The summed E-state index contributed by atoms with van der Waals surface area (Å²) in [5.41, 5.74) is 1.06. The van der Waals surface area contributed by atoms with Gasteiger partial charge in [0.05, 0.1) is 0 Å². The normalized spacial score (nSPS) is 11.0. The number of carbonyl (C=O) groups is 1. The van der Waals surface area contributed by atoms with Crippen molar-refractivity contribution < 1.29 is 4.79 Å². The zero-order valence-corrected chi connectivity index (χ0v) is 10.2. The van der Waals surface area contributed by atoms with Gasteiger partial charge in [0.15, 0.2) is 5.12 Å². The molecule has 0 spiro atoms. The third kappa shape index (κ3) is 4.31. The molecular formula is C10H11ClOS2. The summed E-state index contributed by atoms with van der Waals surface area (Å²) in [4.78, 5) is 10.6. The Balaban J connectivity index is 2.28. The molecule has 0 aliphatic rings. The monoisotopic (exact) mass is 246 g/mol. The van der Waals surface area contributed by atoms with Crippen LogP contribution in [0, 0.1) is 0 Å². The van der Waals surface area contributed by atoms with Crippen molar-refractivity contribution in [3.8, 4) is 0 Å². The maximum absolute atomic E-state index is 10.6. The number of thioether (sulfide) groups is 1. The maximum atomic E-state index is 10.6. The molecule has 0 aliphatic heterocycles. The molecule has 0 unspecified atom stereocenters. The Bertz CT molecular complexity index is 331. The van der Waals surface area contributed by atoms with Gasteiger partial charge < -0.3 is 0 Å². The minimum absolute atomic E-state index is 0.173. The van der Waals surface area contributed by atoms with E-state index in [1.54, 1.807) is 6.92 Å². The van der Waals surface area contributed by atoms with Gasteiger partial charge in [-0.2, -0.15) is 0 Å². The van der Waals surface area contributed by atoms with E-state index in [0.717, 1.165) is 22.1 Å². The van der Waals surface area contributed by atoms with E-state index < -0.39 is 0 Å². The third-order valence-corrected chi connectivity index (χ3v) is 3.58. The first-order chi connectivity index (χ1) is 6.70. The lowest BCUT2D eigenvalue weighted by Crippen LogP contribution is -1.83. The molecule has 1 aromatic heterocycles. The number of rotatable bonds is 4. The molecule has 1 aromatic rings. The first-order valence-electron chi connectivity index (χ1n) is 4.23. The Morgan fingerprint density at radius 3 is 3.07 bits per heavy atom. The molecule has 0 aromatic carbocycles. The van der Waals surface area contributed by atoms with Crippen LogP contribution in [0.3, 0.4) is 0 Å². The van der Waals surface area contributed by atoms with E-state index in [1.807, 2.05) is 23.6 Å². The highest BCUT2D eigenvalue weighted by Crippen LogP contribution is 2.23. The van der Waals surface area contributed by atoms with E-state index in [2.05, 4.69) is 0 Å². The smallest absolute Gasteiger partial charge is 0.185 e. The zero-order chi connectivity index (χ0) is 10.4. The molecule has 0 fully saturated rings. The van der Waals surface area contributed by atoms with Crippen LogP contribution in [0.25, 0.3) is 6.08 Å². The second kappa shape index (κ2) is 6.27. The predicted octanol–water partition coefficient (Wildman–Crippen LogP) is 4.08. The first kappa shape index (κ1) is 11.8. The molecule has 76 valence electrons. The summed E-state index contributed by atoms with van der Waals surface area (Å²) in [7, 11) is 0. The van der Waals surface area contributed by atoms with Gasteiger partial charge in [-0.3, -0.25) is 4.79 Å². The summed E-state index contributed by atoms with van der Waals surface area (Å²) in [6.45, 7) is 1.59. The number of carbonyl (C=O) groups excluding carboxylic acids is 1. The van der Waals surface area contributed by atoms with Crippen molar-refractivity contribution in [1.82, 2.24) is 0 Å². The molecule has 0 saturated heterocycles. The number of hydrogen-bond donors (Lipinski definition) is 0. The Kier molecular flexibility index (Phi) is 5.30. The van der Waals surface area contributed by atoms with Gasteiger partial charge in [-0.05, 0) is 17.9 Å². The average Bonchev–Trinajstić information content (AvgIpc) is 2.51. The summed E-state index contributed by atoms with van der Waals surface area (Å²) in [5.74, 6) is 0.841. The zero-order valence-electron chi connectivity index (χ0n) is 7.83. The van der Waals surface area contributed by atoms with Gasteiger partial charge in [-0.15, -0.1) is 11.3 Å². The molecule has 14 heavy (non-hydrogen) atoms. The Morgan fingerprint density at radius 2 is 2.50 bits per heavy atom. The van der Waals surface area contributed by atoms with Crippen molar-refractivity contribution in [3.63, 3.8) is 0 Å². The second-order valence-corrected chi connectivity index (χ2v) is 5.47. The van der Waals surface area contributed by atoms with Crippen molar-refractivity contribution in [2.45, 2.75) is 13.3 Å². The minimum Gasteiger partial charge on any atom is -0.288 e. The highest BCUT2D eigenvalue weighted by atomic mass is 35.5. The fourth-order valence-corrected chi connectivity index (χ4v) is 2.33. The number of allylic oxidation sites excluding steroid dienone is 1. The standard InChI is InChI=1S/C10H11ClOS2/c1-8(12)13-6-3-2-4-9-5-7-14-10(9)11/h2,4-5,7H,3,6H2,1H3. The molecule has 0 saturated carbocycles. The molecule has 1 heterocycles. The predicted molar refractivity (Wildman–Crippen MR) is 66.1 cm³/mol. The van der Waals surface area contributed by atoms with Gasteiger partial charge in [-0.1, -0.05) is 35.5 Å². The lowest BCUT2D eigenvalue weighted by molar-refractivity contribution is -0.109. The summed E-state index contributed by atoms with van der Waals surface area (Å²) in [5, 5.41) is 2.14.